The van der Waals surface area contributed by atoms with Gasteiger partial charge in [0.15, 0.2) is 5.96 Å². The highest BCUT2D eigenvalue weighted by atomic mass is 33.1. The van der Waals surface area contributed by atoms with Gasteiger partial charge in [-0.25, -0.2) is 4.79 Å². The van der Waals surface area contributed by atoms with E-state index in [4.69, 9.17) is 16.6 Å². The number of amides is 1. The zero-order valence-electron chi connectivity index (χ0n) is 13.2. The molecule has 7 nitrogen and oxygen atoms in total. The summed E-state index contributed by atoms with van der Waals surface area (Å²) < 4.78 is 0. The van der Waals surface area contributed by atoms with Crippen molar-refractivity contribution in [2.45, 2.75) is 56.2 Å². The van der Waals surface area contributed by atoms with E-state index in [2.05, 4.69) is 10.3 Å². The number of guanidine groups is 1. The van der Waals surface area contributed by atoms with Crippen molar-refractivity contribution in [3.05, 3.63) is 0 Å². The van der Waals surface area contributed by atoms with Crippen LogP contribution in [0, 0.1) is 0 Å². The summed E-state index contributed by atoms with van der Waals surface area (Å²) in [5.41, 5.74) is 10.4. The van der Waals surface area contributed by atoms with Crippen LogP contribution in [-0.2, 0) is 9.59 Å². The summed E-state index contributed by atoms with van der Waals surface area (Å²) in [4.78, 5) is 26.8. The van der Waals surface area contributed by atoms with Crippen molar-refractivity contribution in [1.29, 1.82) is 0 Å². The summed E-state index contributed by atoms with van der Waals surface area (Å²) in [6, 6.07) is -0.876. The van der Waals surface area contributed by atoms with E-state index in [0.29, 0.717) is 31.1 Å². The molecule has 1 heterocycles. The molecular weight excluding hydrogens is 336 g/mol. The minimum Gasteiger partial charge on any atom is -0.480 e. The van der Waals surface area contributed by atoms with E-state index in [9.17, 15) is 9.59 Å². The van der Waals surface area contributed by atoms with Crippen LogP contribution in [0.4, 0.5) is 0 Å². The van der Waals surface area contributed by atoms with Crippen LogP contribution in [0.25, 0.3) is 0 Å². The summed E-state index contributed by atoms with van der Waals surface area (Å²) in [6.07, 6.45) is 5.38. The van der Waals surface area contributed by atoms with Crippen molar-refractivity contribution in [3.63, 3.8) is 0 Å². The quantitative estimate of drug-likeness (QED) is 0.189. The first kappa shape index (κ1) is 20.0. The van der Waals surface area contributed by atoms with Gasteiger partial charge in [0.25, 0.3) is 0 Å². The van der Waals surface area contributed by atoms with Crippen LogP contribution in [0.3, 0.4) is 0 Å². The van der Waals surface area contributed by atoms with Crippen molar-refractivity contribution >= 4 is 39.4 Å². The fourth-order valence-electron chi connectivity index (χ4n) is 2.25. The van der Waals surface area contributed by atoms with E-state index in [0.717, 1.165) is 19.3 Å². The monoisotopic (exact) mass is 362 g/mol. The van der Waals surface area contributed by atoms with Gasteiger partial charge in [-0.15, -0.1) is 0 Å². The normalized spacial score (nSPS) is 18.3. The van der Waals surface area contributed by atoms with Crippen LogP contribution in [0.1, 0.15) is 44.9 Å². The Hall–Kier alpha value is -1.09. The van der Waals surface area contributed by atoms with Crippen molar-refractivity contribution in [1.82, 2.24) is 5.32 Å². The zero-order chi connectivity index (χ0) is 17.1. The third kappa shape index (κ3) is 9.60. The fourth-order valence-corrected chi connectivity index (χ4v) is 5.28. The van der Waals surface area contributed by atoms with Gasteiger partial charge in [-0.3, -0.25) is 9.79 Å². The van der Waals surface area contributed by atoms with E-state index < -0.39 is 12.0 Å². The van der Waals surface area contributed by atoms with Crippen molar-refractivity contribution in [2.24, 2.45) is 16.5 Å². The van der Waals surface area contributed by atoms with Gasteiger partial charge >= 0.3 is 5.97 Å². The molecule has 0 aromatic rings. The summed E-state index contributed by atoms with van der Waals surface area (Å²) in [5.74, 6) is -0.0227. The van der Waals surface area contributed by atoms with Gasteiger partial charge in [-0.1, -0.05) is 28.0 Å². The standard InChI is InChI=1S/C14H26N4O3S2/c15-14(16)17-8-3-5-11(13(20)21)18-12(19)6-2-1-4-10-7-9-22-23-10/h10-11H,1-9H2,(H,18,19)(H,20,21)(H4,15,16,17)/t10-,11-/m1/s1. The molecule has 0 aromatic heterocycles. The van der Waals surface area contributed by atoms with Crippen LogP contribution in [0.2, 0.25) is 0 Å². The molecule has 1 aliphatic rings. The molecule has 0 bridgehead atoms. The Morgan fingerprint density at radius 2 is 2.09 bits per heavy atom. The number of rotatable bonds is 11. The number of aliphatic imine (C=N–C) groups is 1. The minimum atomic E-state index is -1.03. The molecule has 9 heteroatoms. The Bertz CT molecular complexity index is 411. The first-order chi connectivity index (χ1) is 11.0. The molecule has 132 valence electrons. The highest BCUT2D eigenvalue weighted by Gasteiger charge is 2.19. The molecule has 0 aliphatic carbocycles. The molecular formula is C14H26N4O3S2. The largest absolute Gasteiger partial charge is 0.480 e. The van der Waals surface area contributed by atoms with Gasteiger partial charge in [0, 0.05) is 24.0 Å². The van der Waals surface area contributed by atoms with E-state index in [1.807, 2.05) is 21.6 Å². The molecule has 1 saturated heterocycles. The number of carboxylic acids is 1. The Morgan fingerprint density at radius 1 is 1.30 bits per heavy atom. The minimum absolute atomic E-state index is 0.0141. The van der Waals surface area contributed by atoms with Crippen molar-refractivity contribution < 1.29 is 14.7 Å². The molecule has 1 aliphatic heterocycles. The van der Waals surface area contributed by atoms with Crippen molar-refractivity contribution in [2.75, 3.05) is 12.3 Å². The number of nitrogens with zero attached hydrogens (tertiary/aromatic N) is 1. The lowest BCUT2D eigenvalue weighted by atomic mass is 10.1. The van der Waals surface area contributed by atoms with Gasteiger partial charge in [-0.05, 0) is 32.1 Å². The molecule has 0 aromatic carbocycles. The summed E-state index contributed by atoms with van der Waals surface area (Å²) in [6.45, 7) is 0.360. The second kappa shape index (κ2) is 11.4. The van der Waals surface area contributed by atoms with E-state index in [1.54, 1.807) is 0 Å². The second-order valence-corrected chi connectivity index (χ2v) is 8.27. The third-order valence-corrected chi connectivity index (χ3v) is 6.49. The predicted molar refractivity (Wildman–Crippen MR) is 96.4 cm³/mol. The topological polar surface area (TPSA) is 131 Å². The number of unbranched alkanes of at least 4 members (excludes halogenated alkanes) is 1. The molecule has 0 spiro atoms. The highest BCUT2D eigenvalue weighted by Crippen LogP contribution is 2.39. The lowest BCUT2D eigenvalue weighted by Gasteiger charge is -2.14. The number of carbonyl (C=O) groups excluding carboxylic acids is 1. The van der Waals surface area contributed by atoms with Crippen LogP contribution < -0.4 is 16.8 Å². The number of carboxylic acid groups (broad SMARTS) is 1. The number of nitrogens with one attached hydrogen (secondary N) is 1. The van der Waals surface area contributed by atoms with Gasteiger partial charge in [-0.2, -0.15) is 0 Å². The number of carbonyl (C=O) groups is 2. The SMILES string of the molecule is NC(N)=NCCC[C@@H](NC(=O)CCCC[C@@H]1CCSS1)C(=O)O. The third-order valence-electron chi connectivity index (χ3n) is 3.49. The maximum atomic E-state index is 11.8. The van der Waals surface area contributed by atoms with Gasteiger partial charge in [0.05, 0.1) is 0 Å². The van der Waals surface area contributed by atoms with Gasteiger partial charge in [0.1, 0.15) is 6.04 Å². The lowest BCUT2D eigenvalue weighted by molar-refractivity contribution is -0.142. The first-order valence-electron chi connectivity index (χ1n) is 7.85. The van der Waals surface area contributed by atoms with Crippen LogP contribution in [-0.4, -0.2) is 46.5 Å². The summed E-state index contributed by atoms with van der Waals surface area (Å²) >= 11 is 0. The van der Waals surface area contributed by atoms with Crippen LogP contribution >= 0.6 is 21.6 Å². The van der Waals surface area contributed by atoms with E-state index in [1.165, 1.54) is 12.2 Å². The molecule has 0 saturated carbocycles. The molecule has 1 rings (SSSR count). The van der Waals surface area contributed by atoms with Gasteiger partial charge in [0.2, 0.25) is 5.91 Å². The number of nitrogens with two attached hydrogens (primary N) is 2. The maximum Gasteiger partial charge on any atom is 0.326 e. The Morgan fingerprint density at radius 3 is 2.70 bits per heavy atom. The zero-order valence-corrected chi connectivity index (χ0v) is 14.8. The summed E-state index contributed by atoms with van der Waals surface area (Å²) in [5, 5.41) is 12.4. The smallest absolute Gasteiger partial charge is 0.326 e. The molecule has 2 atom stereocenters. The lowest BCUT2D eigenvalue weighted by Crippen LogP contribution is -2.40. The Kier molecular flexibility index (Phi) is 9.93. The molecule has 0 radical (unpaired) electrons. The van der Waals surface area contributed by atoms with E-state index in [-0.39, 0.29) is 11.9 Å². The number of hydrogen-bond acceptors (Lipinski definition) is 5. The van der Waals surface area contributed by atoms with Crippen molar-refractivity contribution in [3.8, 4) is 0 Å². The maximum absolute atomic E-state index is 11.8. The molecule has 1 fully saturated rings. The molecule has 23 heavy (non-hydrogen) atoms. The van der Waals surface area contributed by atoms with E-state index >= 15 is 0 Å². The Labute approximate surface area is 144 Å². The summed E-state index contributed by atoms with van der Waals surface area (Å²) in [7, 11) is 3.86. The molecule has 1 amide bonds. The van der Waals surface area contributed by atoms with Crippen LogP contribution in [0.15, 0.2) is 4.99 Å². The number of aliphatic carboxylic acids is 1. The average Bonchev–Trinajstić information content (AvgIpc) is 2.99. The van der Waals surface area contributed by atoms with Crippen LogP contribution in [0.5, 0.6) is 0 Å². The first-order valence-corrected chi connectivity index (χ1v) is 10.2. The number of hydrogen-bond donors (Lipinski definition) is 4. The van der Waals surface area contributed by atoms with Gasteiger partial charge < -0.3 is 21.9 Å². The fraction of sp³-hybridized carbons (Fsp3) is 0.786. The molecule has 0 unspecified atom stereocenters. The molecule has 6 N–H and O–H groups in total. The average molecular weight is 363 g/mol. The predicted octanol–water partition coefficient (Wildman–Crippen LogP) is 1.32. The highest BCUT2D eigenvalue weighted by molar-refractivity contribution is 8.77. The second-order valence-electron chi connectivity index (χ2n) is 5.48. The Balaban J connectivity index is 2.16.